The summed E-state index contributed by atoms with van der Waals surface area (Å²) in [5, 5.41) is 0.502. The summed E-state index contributed by atoms with van der Waals surface area (Å²) in [6.07, 6.45) is 5.51. The van der Waals surface area contributed by atoms with E-state index in [1.807, 2.05) is 42.7 Å². The van der Waals surface area contributed by atoms with Crippen LogP contribution < -0.4 is 15.5 Å². The molecule has 0 radical (unpaired) electrons. The first-order chi connectivity index (χ1) is 15.5. The van der Waals surface area contributed by atoms with Crippen LogP contribution >= 0.6 is 11.6 Å². The monoisotopic (exact) mass is 451 g/mol. The standard InChI is InChI=1S/C23H26ClN7O/c1-29(22(32)12-25)16-17-3-2-4-18(11-17)19-13-27-23(28-14-19)31-9-7-30(8-10-31)20-5-6-21(24)26-15-20/h2-6,11,13-15H,7-10,12,16,25H2,1H3. The highest BCUT2D eigenvalue weighted by Crippen LogP contribution is 2.22. The minimum absolute atomic E-state index is 0.0103. The lowest BCUT2D eigenvalue weighted by Crippen LogP contribution is -2.47. The number of pyridine rings is 1. The van der Waals surface area contributed by atoms with Gasteiger partial charge in [-0.25, -0.2) is 15.0 Å². The Balaban J connectivity index is 1.39. The van der Waals surface area contributed by atoms with Gasteiger partial charge in [-0.3, -0.25) is 4.79 Å². The Labute approximate surface area is 192 Å². The van der Waals surface area contributed by atoms with Crippen molar-refractivity contribution in [3.8, 4) is 11.1 Å². The molecule has 0 saturated carbocycles. The van der Waals surface area contributed by atoms with Crippen LogP contribution in [0.4, 0.5) is 11.6 Å². The number of hydrogen-bond acceptors (Lipinski definition) is 7. The lowest BCUT2D eigenvalue weighted by atomic mass is 10.1. The molecule has 1 fully saturated rings. The van der Waals surface area contributed by atoms with Crippen molar-refractivity contribution in [1.29, 1.82) is 0 Å². The lowest BCUT2D eigenvalue weighted by molar-refractivity contribution is -0.128. The van der Waals surface area contributed by atoms with Crippen molar-refractivity contribution >= 4 is 29.1 Å². The fraction of sp³-hybridized carbons (Fsp3) is 0.304. The van der Waals surface area contributed by atoms with E-state index in [-0.39, 0.29) is 12.5 Å². The fourth-order valence-corrected chi connectivity index (χ4v) is 3.83. The highest BCUT2D eigenvalue weighted by Gasteiger charge is 2.19. The minimum Gasteiger partial charge on any atom is -0.367 e. The Kier molecular flexibility index (Phi) is 6.82. The Hall–Kier alpha value is -3.23. The largest absolute Gasteiger partial charge is 0.367 e. The van der Waals surface area contributed by atoms with Crippen molar-refractivity contribution in [3.63, 3.8) is 0 Å². The van der Waals surface area contributed by atoms with Crippen molar-refractivity contribution in [2.24, 2.45) is 5.73 Å². The van der Waals surface area contributed by atoms with Gasteiger partial charge in [-0.1, -0.05) is 29.8 Å². The lowest BCUT2D eigenvalue weighted by Gasteiger charge is -2.35. The molecule has 166 valence electrons. The van der Waals surface area contributed by atoms with E-state index in [2.05, 4.69) is 30.8 Å². The van der Waals surface area contributed by atoms with Gasteiger partial charge in [0.25, 0.3) is 0 Å². The second-order valence-electron chi connectivity index (χ2n) is 7.74. The molecule has 2 N–H and O–H groups in total. The van der Waals surface area contributed by atoms with Crippen LogP contribution in [0.3, 0.4) is 0 Å². The zero-order valence-corrected chi connectivity index (χ0v) is 18.7. The zero-order valence-electron chi connectivity index (χ0n) is 18.0. The first-order valence-electron chi connectivity index (χ1n) is 10.5. The van der Waals surface area contributed by atoms with Gasteiger partial charge in [-0.05, 0) is 29.3 Å². The summed E-state index contributed by atoms with van der Waals surface area (Å²) >= 11 is 5.89. The van der Waals surface area contributed by atoms with Gasteiger partial charge in [0.2, 0.25) is 11.9 Å². The van der Waals surface area contributed by atoms with Crippen LogP contribution in [0.5, 0.6) is 0 Å². The first-order valence-corrected chi connectivity index (χ1v) is 10.9. The van der Waals surface area contributed by atoms with Gasteiger partial charge in [0, 0.05) is 57.7 Å². The van der Waals surface area contributed by atoms with E-state index in [0.29, 0.717) is 11.7 Å². The van der Waals surface area contributed by atoms with Crippen LogP contribution in [0, 0.1) is 0 Å². The van der Waals surface area contributed by atoms with Gasteiger partial charge in [0.05, 0.1) is 18.4 Å². The van der Waals surface area contributed by atoms with Gasteiger partial charge in [-0.2, -0.15) is 0 Å². The number of nitrogens with zero attached hydrogens (tertiary/aromatic N) is 6. The van der Waals surface area contributed by atoms with Crippen molar-refractivity contribution in [2.45, 2.75) is 6.54 Å². The van der Waals surface area contributed by atoms with E-state index in [4.69, 9.17) is 17.3 Å². The number of likely N-dealkylation sites (N-methyl/N-ethyl adjacent to an activating group) is 1. The molecular weight excluding hydrogens is 426 g/mol. The summed E-state index contributed by atoms with van der Waals surface area (Å²) in [5.74, 6) is 0.641. The number of nitrogens with two attached hydrogens (primary N) is 1. The Bertz CT molecular complexity index is 1050. The Morgan fingerprint density at radius 1 is 1.00 bits per heavy atom. The maximum atomic E-state index is 11.7. The third-order valence-electron chi connectivity index (χ3n) is 5.56. The minimum atomic E-state index is -0.0875. The average Bonchev–Trinajstić information content (AvgIpc) is 2.84. The number of benzene rings is 1. The van der Waals surface area contributed by atoms with Crippen LogP contribution in [0.25, 0.3) is 11.1 Å². The van der Waals surface area contributed by atoms with Crippen LogP contribution in [0.2, 0.25) is 5.15 Å². The van der Waals surface area contributed by atoms with Gasteiger partial charge in [0.1, 0.15) is 5.15 Å². The van der Waals surface area contributed by atoms with Crippen LogP contribution in [0.1, 0.15) is 5.56 Å². The van der Waals surface area contributed by atoms with Crippen molar-refractivity contribution in [3.05, 3.63) is 65.7 Å². The molecule has 0 aliphatic carbocycles. The van der Waals surface area contributed by atoms with Crippen molar-refractivity contribution in [1.82, 2.24) is 19.9 Å². The predicted octanol–water partition coefficient (Wildman–Crippen LogP) is 2.44. The van der Waals surface area contributed by atoms with Gasteiger partial charge in [0.15, 0.2) is 0 Å². The Morgan fingerprint density at radius 2 is 1.72 bits per heavy atom. The number of halogens is 1. The van der Waals surface area contributed by atoms with E-state index < -0.39 is 0 Å². The third-order valence-corrected chi connectivity index (χ3v) is 5.78. The number of piperazine rings is 1. The highest BCUT2D eigenvalue weighted by atomic mass is 35.5. The van der Waals surface area contributed by atoms with Crippen molar-refractivity contribution < 1.29 is 4.79 Å². The van der Waals surface area contributed by atoms with E-state index >= 15 is 0 Å². The molecule has 0 spiro atoms. The highest BCUT2D eigenvalue weighted by molar-refractivity contribution is 6.29. The SMILES string of the molecule is CN(Cc1cccc(-c2cnc(N3CCN(c4ccc(Cl)nc4)CC3)nc2)c1)C(=O)CN. The van der Waals surface area contributed by atoms with E-state index in [1.54, 1.807) is 18.1 Å². The molecule has 1 aliphatic heterocycles. The summed E-state index contributed by atoms with van der Waals surface area (Å²) in [6, 6.07) is 11.9. The molecule has 3 aromatic rings. The van der Waals surface area contributed by atoms with E-state index in [1.165, 1.54) is 0 Å². The second-order valence-corrected chi connectivity index (χ2v) is 8.13. The molecule has 9 heteroatoms. The molecule has 3 heterocycles. The number of rotatable bonds is 6. The molecule has 0 atom stereocenters. The van der Waals surface area contributed by atoms with Crippen LogP contribution in [0.15, 0.2) is 55.0 Å². The maximum absolute atomic E-state index is 11.7. The van der Waals surface area contributed by atoms with Gasteiger partial charge >= 0.3 is 0 Å². The number of aromatic nitrogens is 3. The summed E-state index contributed by atoms with van der Waals surface area (Å²) in [4.78, 5) is 31.2. The molecular formula is C23H26ClN7O. The Morgan fingerprint density at radius 3 is 2.38 bits per heavy atom. The second kappa shape index (κ2) is 9.93. The molecule has 1 saturated heterocycles. The maximum Gasteiger partial charge on any atom is 0.236 e. The van der Waals surface area contributed by atoms with Crippen LogP contribution in [-0.2, 0) is 11.3 Å². The van der Waals surface area contributed by atoms with Crippen molar-refractivity contribution in [2.75, 3.05) is 49.6 Å². The quantitative estimate of drug-likeness (QED) is 0.575. The van der Waals surface area contributed by atoms with E-state index in [0.717, 1.165) is 54.5 Å². The van der Waals surface area contributed by atoms with Gasteiger partial charge in [-0.15, -0.1) is 0 Å². The zero-order chi connectivity index (χ0) is 22.5. The predicted molar refractivity (Wildman–Crippen MR) is 127 cm³/mol. The molecule has 4 rings (SSSR count). The number of anilines is 2. The summed E-state index contributed by atoms with van der Waals surface area (Å²) in [6.45, 7) is 3.92. The van der Waals surface area contributed by atoms with E-state index in [9.17, 15) is 4.79 Å². The molecule has 1 aromatic carbocycles. The molecule has 32 heavy (non-hydrogen) atoms. The number of carbonyl (C=O) groups excluding carboxylic acids is 1. The molecule has 0 unspecified atom stereocenters. The number of amides is 1. The van der Waals surface area contributed by atoms with Gasteiger partial charge < -0.3 is 20.4 Å². The topological polar surface area (TPSA) is 91.5 Å². The first kappa shape index (κ1) is 22.0. The van der Waals surface area contributed by atoms with Crippen LogP contribution in [-0.4, -0.2) is 65.5 Å². The third kappa shape index (κ3) is 5.15. The summed E-state index contributed by atoms with van der Waals surface area (Å²) in [7, 11) is 1.75. The summed E-state index contributed by atoms with van der Waals surface area (Å²) < 4.78 is 0. The number of carbonyl (C=O) groups is 1. The molecule has 2 aromatic heterocycles. The molecule has 0 bridgehead atoms. The average molecular weight is 452 g/mol. The molecule has 8 nitrogen and oxygen atoms in total. The fourth-order valence-electron chi connectivity index (χ4n) is 3.72. The smallest absolute Gasteiger partial charge is 0.236 e. The number of hydrogen-bond donors (Lipinski definition) is 1. The normalized spacial score (nSPS) is 13.8. The molecule has 1 aliphatic rings. The molecule has 1 amide bonds. The summed E-state index contributed by atoms with van der Waals surface area (Å²) in [5.41, 5.74) is 9.50.